The van der Waals surface area contributed by atoms with Crippen molar-refractivity contribution in [3.63, 3.8) is 0 Å². The minimum Gasteiger partial charge on any atom is -0.319 e. The van der Waals surface area contributed by atoms with Crippen LogP contribution in [0.4, 0.5) is 5.00 Å². The second kappa shape index (κ2) is 6.85. The van der Waals surface area contributed by atoms with E-state index in [1.807, 2.05) is 20.9 Å². The van der Waals surface area contributed by atoms with Gasteiger partial charge in [-0.2, -0.15) is 0 Å². The Morgan fingerprint density at radius 2 is 2.06 bits per heavy atom. The molecule has 0 bridgehead atoms. The van der Waals surface area contributed by atoms with Crippen LogP contribution in [0.5, 0.6) is 0 Å². The maximum atomic E-state index is 12.0. The normalized spacial score (nSPS) is 12.8. The molecule has 0 radical (unpaired) electrons. The SMILES string of the molecule is CNCC(C)C(=O)Nc1sc(C)nc1CC(C)C. The highest BCUT2D eigenvalue weighted by Crippen LogP contribution is 2.26. The molecule has 0 aromatic carbocycles. The number of thiazole rings is 1. The maximum Gasteiger partial charge on any atom is 0.229 e. The van der Waals surface area contributed by atoms with Crippen LogP contribution < -0.4 is 10.6 Å². The molecule has 0 aliphatic carbocycles. The Morgan fingerprint density at radius 3 is 2.61 bits per heavy atom. The molecule has 1 unspecified atom stereocenters. The molecule has 0 aliphatic rings. The summed E-state index contributed by atoms with van der Waals surface area (Å²) in [6.07, 6.45) is 0.903. The quantitative estimate of drug-likeness (QED) is 0.834. The van der Waals surface area contributed by atoms with E-state index in [0.717, 1.165) is 22.1 Å². The summed E-state index contributed by atoms with van der Waals surface area (Å²) in [6, 6.07) is 0. The van der Waals surface area contributed by atoms with Crippen LogP contribution in [0.3, 0.4) is 0 Å². The number of hydrogen-bond donors (Lipinski definition) is 2. The molecule has 0 spiro atoms. The summed E-state index contributed by atoms with van der Waals surface area (Å²) >= 11 is 1.56. The van der Waals surface area contributed by atoms with Gasteiger partial charge in [0, 0.05) is 12.5 Å². The molecule has 5 heteroatoms. The zero-order valence-corrected chi connectivity index (χ0v) is 12.6. The Morgan fingerprint density at radius 1 is 1.39 bits per heavy atom. The van der Waals surface area contributed by atoms with E-state index in [1.54, 1.807) is 11.3 Å². The van der Waals surface area contributed by atoms with Crippen molar-refractivity contribution in [2.24, 2.45) is 11.8 Å². The predicted octanol–water partition coefficient (Wildman–Crippen LogP) is 2.44. The van der Waals surface area contributed by atoms with E-state index in [2.05, 4.69) is 29.5 Å². The Balaban J connectivity index is 2.74. The molecule has 1 amide bonds. The molecule has 1 aromatic heterocycles. The standard InChI is InChI=1S/C13H23N3OS/c1-8(2)6-11-13(18-10(4)15-11)16-12(17)9(3)7-14-5/h8-9,14H,6-7H2,1-5H3,(H,16,17). The van der Waals surface area contributed by atoms with E-state index in [4.69, 9.17) is 0 Å². The van der Waals surface area contributed by atoms with Crippen LogP contribution in [-0.4, -0.2) is 24.5 Å². The highest BCUT2D eigenvalue weighted by Gasteiger charge is 2.17. The van der Waals surface area contributed by atoms with Crippen molar-refractivity contribution in [2.75, 3.05) is 18.9 Å². The third kappa shape index (κ3) is 4.38. The summed E-state index contributed by atoms with van der Waals surface area (Å²) in [7, 11) is 1.85. The fourth-order valence-corrected chi connectivity index (χ4v) is 2.58. The first-order valence-corrected chi connectivity index (χ1v) is 7.17. The van der Waals surface area contributed by atoms with E-state index in [9.17, 15) is 4.79 Å². The molecule has 102 valence electrons. The highest BCUT2D eigenvalue weighted by atomic mass is 32.1. The molecule has 4 nitrogen and oxygen atoms in total. The summed E-state index contributed by atoms with van der Waals surface area (Å²) in [4.78, 5) is 16.5. The van der Waals surface area contributed by atoms with Crippen LogP contribution in [0.25, 0.3) is 0 Å². The van der Waals surface area contributed by atoms with Gasteiger partial charge in [-0.25, -0.2) is 4.98 Å². The lowest BCUT2D eigenvalue weighted by molar-refractivity contribution is -0.119. The first-order chi connectivity index (χ1) is 8.43. The number of aromatic nitrogens is 1. The van der Waals surface area contributed by atoms with Crippen molar-refractivity contribution in [2.45, 2.75) is 34.1 Å². The van der Waals surface area contributed by atoms with Crippen molar-refractivity contribution in [1.29, 1.82) is 0 Å². The number of nitrogens with one attached hydrogen (secondary N) is 2. The zero-order chi connectivity index (χ0) is 13.7. The van der Waals surface area contributed by atoms with Crippen LogP contribution in [-0.2, 0) is 11.2 Å². The van der Waals surface area contributed by atoms with Gasteiger partial charge in [-0.3, -0.25) is 4.79 Å². The number of nitrogens with zero attached hydrogens (tertiary/aromatic N) is 1. The number of rotatable bonds is 6. The van der Waals surface area contributed by atoms with E-state index in [1.165, 1.54) is 0 Å². The molecule has 1 atom stereocenters. The molecule has 0 saturated heterocycles. The summed E-state index contributed by atoms with van der Waals surface area (Å²) in [6.45, 7) is 8.89. The van der Waals surface area contributed by atoms with E-state index in [0.29, 0.717) is 12.5 Å². The van der Waals surface area contributed by atoms with Gasteiger partial charge in [0.1, 0.15) is 5.00 Å². The summed E-state index contributed by atoms with van der Waals surface area (Å²) < 4.78 is 0. The van der Waals surface area contributed by atoms with Crippen LogP contribution in [0, 0.1) is 18.8 Å². The zero-order valence-electron chi connectivity index (χ0n) is 11.8. The lowest BCUT2D eigenvalue weighted by atomic mass is 10.1. The third-order valence-electron chi connectivity index (χ3n) is 2.60. The molecule has 2 N–H and O–H groups in total. The van der Waals surface area contributed by atoms with Crippen molar-refractivity contribution >= 4 is 22.2 Å². The minimum atomic E-state index is -0.0377. The van der Waals surface area contributed by atoms with Crippen LogP contribution >= 0.6 is 11.3 Å². The van der Waals surface area contributed by atoms with Gasteiger partial charge in [0.15, 0.2) is 0 Å². The number of anilines is 1. The van der Waals surface area contributed by atoms with Gasteiger partial charge in [-0.05, 0) is 26.3 Å². The van der Waals surface area contributed by atoms with Gasteiger partial charge in [0.25, 0.3) is 0 Å². The molecule has 1 heterocycles. The Hall–Kier alpha value is -0.940. The van der Waals surface area contributed by atoms with Gasteiger partial charge < -0.3 is 10.6 Å². The molecule has 0 aliphatic heterocycles. The van der Waals surface area contributed by atoms with Crippen molar-refractivity contribution in [3.8, 4) is 0 Å². The van der Waals surface area contributed by atoms with Gasteiger partial charge in [0.05, 0.1) is 10.7 Å². The average molecular weight is 269 g/mol. The summed E-state index contributed by atoms with van der Waals surface area (Å²) in [5.74, 6) is 0.555. The molecule has 0 saturated carbocycles. The van der Waals surface area contributed by atoms with Crippen molar-refractivity contribution < 1.29 is 4.79 Å². The smallest absolute Gasteiger partial charge is 0.229 e. The fourth-order valence-electron chi connectivity index (χ4n) is 1.73. The first-order valence-electron chi connectivity index (χ1n) is 6.35. The summed E-state index contributed by atoms with van der Waals surface area (Å²) in [5.41, 5.74) is 1.01. The molecule has 1 aromatic rings. The van der Waals surface area contributed by atoms with Crippen LogP contribution in [0.15, 0.2) is 0 Å². The summed E-state index contributed by atoms with van der Waals surface area (Å²) in [5, 5.41) is 7.92. The molecular weight excluding hydrogens is 246 g/mol. The van der Waals surface area contributed by atoms with E-state index >= 15 is 0 Å². The van der Waals surface area contributed by atoms with Crippen LogP contribution in [0.2, 0.25) is 0 Å². The van der Waals surface area contributed by atoms with Crippen LogP contribution in [0.1, 0.15) is 31.5 Å². The highest BCUT2D eigenvalue weighted by molar-refractivity contribution is 7.16. The monoisotopic (exact) mass is 269 g/mol. The third-order valence-corrected chi connectivity index (χ3v) is 3.53. The number of aryl methyl sites for hydroxylation is 1. The fraction of sp³-hybridized carbons (Fsp3) is 0.692. The molecule has 18 heavy (non-hydrogen) atoms. The molecule has 0 fully saturated rings. The van der Waals surface area contributed by atoms with E-state index < -0.39 is 0 Å². The van der Waals surface area contributed by atoms with Gasteiger partial charge in [0.2, 0.25) is 5.91 Å². The minimum absolute atomic E-state index is 0.0377. The van der Waals surface area contributed by atoms with Gasteiger partial charge in [-0.15, -0.1) is 11.3 Å². The predicted molar refractivity (Wildman–Crippen MR) is 77.1 cm³/mol. The number of carbonyl (C=O) groups excluding carboxylic acids is 1. The van der Waals surface area contributed by atoms with Gasteiger partial charge in [-0.1, -0.05) is 20.8 Å². The molecule has 1 rings (SSSR count). The number of hydrogen-bond acceptors (Lipinski definition) is 4. The van der Waals surface area contributed by atoms with Crippen molar-refractivity contribution in [3.05, 3.63) is 10.7 Å². The topological polar surface area (TPSA) is 54.0 Å². The van der Waals surface area contributed by atoms with E-state index in [-0.39, 0.29) is 11.8 Å². The number of amides is 1. The Labute approximate surface area is 113 Å². The lowest BCUT2D eigenvalue weighted by Crippen LogP contribution is -2.28. The molecular formula is C13H23N3OS. The van der Waals surface area contributed by atoms with Crippen molar-refractivity contribution in [1.82, 2.24) is 10.3 Å². The first kappa shape index (κ1) is 15.1. The largest absolute Gasteiger partial charge is 0.319 e. The Bertz CT molecular complexity index is 401. The maximum absolute atomic E-state index is 12.0. The van der Waals surface area contributed by atoms with Gasteiger partial charge >= 0.3 is 0 Å². The number of carbonyl (C=O) groups is 1. The second-order valence-corrected chi connectivity index (χ2v) is 6.26. The second-order valence-electron chi connectivity index (χ2n) is 5.05. The average Bonchev–Trinajstić information content (AvgIpc) is 2.58. The Kier molecular flexibility index (Phi) is 5.75. The lowest BCUT2D eigenvalue weighted by Gasteiger charge is -2.11.